The van der Waals surface area contributed by atoms with Gasteiger partial charge in [0.05, 0.1) is 25.5 Å². The predicted octanol–water partition coefficient (Wildman–Crippen LogP) is 1.78. The van der Waals surface area contributed by atoms with Crippen LogP contribution in [-0.4, -0.2) is 57.3 Å². The van der Waals surface area contributed by atoms with Crippen LogP contribution in [0.1, 0.15) is 12.6 Å². The number of hydrogen-bond acceptors (Lipinski definition) is 6. The maximum atomic E-state index is 11.3. The van der Waals surface area contributed by atoms with Crippen molar-refractivity contribution in [2.24, 2.45) is 0 Å². The van der Waals surface area contributed by atoms with E-state index < -0.39 is 0 Å². The number of rotatable bonds is 8. The molecule has 2 rings (SSSR count). The predicted molar refractivity (Wildman–Crippen MR) is 79.1 cm³/mol. The zero-order valence-corrected chi connectivity index (χ0v) is 12.9. The Kier molecular flexibility index (Phi) is 5.93. The molecular formula is C12H17N3O3S2. The van der Waals surface area contributed by atoms with Crippen LogP contribution in [0.15, 0.2) is 11.4 Å². The lowest BCUT2D eigenvalue weighted by Gasteiger charge is -2.12. The maximum Gasteiger partial charge on any atom is 0.288 e. The van der Waals surface area contributed by atoms with E-state index in [2.05, 4.69) is 16.9 Å². The fourth-order valence-electron chi connectivity index (χ4n) is 1.64. The van der Waals surface area contributed by atoms with Crippen LogP contribution in [0.5, 0.6) is 0 Å². The molecule has 0 spiro atoms. The highest BCUT2D eigenvalue weighted by atomic mass is 32.2. The van der Waals surface area contributed by atoms with Gasteiger partial charge in [-0.2, -0.15) is 0 Å². The van der Waals surface area contributed by atoms with Gasteiger partial charge in [-0.05, 0) is 6.42 Å². The van der Waals surface area contributed by atoms with E-state index in [1.165, 1.54) is 4.90 Å². The second-order valence-corrected chi connectivity index (χ2v) is 6.14. The monoisotopic (exact) mass is 315 g/mol. The first kappa shape index (κ1) is 15.4. The Labute approximate surface area is 126 Å². The van der Waals surface area contributed by atoms with Gasteiger partial charge in [0.25, 0.3) is 5.24 Å². The highest BCUT2D eigenvalue weighted by molar-refractivity contribution is 8.14. The Hall–Kier alpha value is -0.990. The van der Waals surface area contributed by atoms with Crippen molar-refractivity contribution in [2.75, 3.05) is 31.3 Å². The summed E-state index contributed by atoms with van der Waals surface area (Å²) >= 11 is 2.65. The number of imidazole rings is 1. The molecule has 0 radical (unpaired) electrons. The zero-order chi connectivity index (χ0) is 14.4. The standard InChI is InChI=1S/C12H17N3O3S2/c1-2-9-7-13-11(14-9)19-6-5-18-4-3-15-10(16)8-20-12(15)17/h7H,2-6,8H2,1H3,(H,13,14). The van der Waals surface area contributed by atoms with Gasteiger partial charge in [-0.15, -0.1) is 0 Å². The lowest BCUT2D eigenvalue weighted by Crippen LogP contribution is -2.32. The molecule has 2 heterocycles. The molecule has 1 aliphatic heterocycles. The molecule has 0 aliphatic carbocycles. The van der Waals surface area contributed by atoms with Crippen LogP contribution in [0, 0.1) is 0 Å². The number of H-pyrrole nitrogens is 1. The summed E-state index contributed by atoms with van der Waals surface area (Å²) in [6.07, 6.45) is 2.78. The van der Waals surface area contributed by atoms with Crippen molar-refractivity contribution >= 4 is 34.7 Å². The van der Waals surface area contributed by atoms with Gasteiger partial charge in [-0.1, -0.05) is 30.4 Å². The quantitative estimate of drug-likeness (QED) is 0.582. The number of hydrogen-bond donors (Lipinski definition) is 1. The van der Waals surface area contributed by atoms with Crippen molar-refractivity contribution in [3.63, 3.8) is 0 Å². The molecule has 1 N–H and O–H groups in total. The number of nitrogens with zero attached hydrogens (tertiary/aromatic N) is 2. The van der Waals surface area contributed by atoms with Gasteiger partial charge in [0.15, 0.2) is 5.16 Å². The molecule has 0 unspecified atom stereocenters. The van der Waals surface area contributed by atoms with Crippen LogP contribution < -0.4 is 0 Å². The average molecular weight is 315 g/mol. The van der Waals surface area contributed by atoms with E-state index in [-0.39, 0.29) is 16.9 Å². The normalized spacial score (nSPS) is 15.3. The van der Waals surface area contributed by atoms with E-state index in [0.29, 0.717) is 19.8 Å². The average Bonchev–Trinajstić information content (AvgIpc) is 3.03. The zero-order valence-electron chi connectivity index (χ0n) is 11.3. The van der Waals surface area contributed by atoms with Crippen LogP contribution in [0.25, 0.3) is 0 Å². The third-order valence-corrected chi connectivity index (χ3v) is 4.46. The number of aryl methyl sites for hydroxylation is 1. The van der Waals surface area contributed by atoms with E-state index in [0.717, 1.165) is 34.8 Å². The van der Waals surface area contributed by atoms with Crippen LogP contribution in [0.3, 0.4) is 0 Å². The second kappa shape index (κ2) is 7.70. The van der Waals surface area contributed by atoms with E-state index in [1.807, 2.05) is 6.20 Å². The summed E-state index contributed by atoms with van der Waals surface area (Å²) in [6.45, 7) is 3.37. The Morgan fingerprint density at radius 2 is 2.35 bits per heavy atom. The smallest absolute Gasteiger partial charge is 0.288 e. The third kappa shape index (κ3) is 4.26. The summed E-state index contributed by atoms with van der Waals surface area (Å²) in [4.78, 5) is 31.3. The number of imide groups is 1. The SMILES string of the molecule is CCc1cnc(SCCOCCN2C(=O)CSC2=O)[nH]1. The first-order chi connectivity index (χ1) is 9.70. The Bertz CT molecular complexity index is 462. The van der Waals surface area contributed by atoms with Crippen LogP contribution in [-0.2, 0) is 16.0 Å². The second-order valence-electron chi connectivity index (χ2n) is 4.13. The van der Waals surface area contributed by atoms with Crippen molar-refractivity contribution in [2.45, 2.75) is 18.5 Å². The highest BCUT2D eigenvalue weighted by Crippen LogP contribution is 2.18. The molecule has 2 amide bonds. The Morgan fingerprint density at radius 1 is 1.50 bits per heavy atom. The summed E-state index contributed by atoms with van der Waals surface area (Å²) in [5.74, 6) is 0.918. The molecule has 0 bridgehead atoms. The molecule has 8 heteroatoms. The number of aromatic amines is 1. The number of carbonyl (C=O) groups excluding carboxylic acids is 2. The first-order valence-electron chi connectivity index (χ1n) is 6.42. The van der Waals surface area contributed by atoms with Gasteiger partial charge in [-0.3, -0.25) is 14.5 Å². The fraction of sp³-hybridized carbons (Fsp3) is 0.583. The molecule has 1 aromatic heterocycles. The van der Waals surface area contributed by atoms with Crippen molar-refractivity contribution in [3.8, 4) is 0 Å². The van der Waals surface area contributed by atoms with Gasteiger partial charge in [0.2, 0.25) is 5.91 Å². The lowest BCUT2D eigenvalue weighted by molar-refractivity contribution is -0.125. The van der Waals surface area contributed by atoms with Crippen LogP contribution in [0.4, 0.5) is 4.79 Å². The van der Waals surface area contributed by atoms with Gasteiger partial charge < -0.3 is 9.72 Å². The number of ether oxygens (including phenoxy) is 1. The minimum Gasteiger partial charge on any atom is -0.379 e. The number of carbonyl (C=O) groups is 2. The molecule has 110 valence electrons. The van der Waals surface area contributed by atoms with E-state index >= 15 is 0 Å². The van der Waals surface area contributed by atoms with Gasteiger partial charge in [0.1, 0.15) is 0 Å². The van der Waals surface area contributed by atoms with Crippen LogP contribution >= 0.6 is 23.5 Å². The molecule has 20 heavy (non-hydrogen) atoms. The number of nitrogens with one attached hydrogen (secondary N) is 1. The summed E-state index contributed by atoms with van der Waals surface area (Å²) in [5.41, 5.74) is 1.12. The molecule has 0 atom stereocenters. The molecule has 1 fully saturated rings. The molecule has 1 aromatic rings. The first-order valence-corrected chi connectivity index (χ1v) is 8.39. The van der Waals surface area contributed by atoms with Crippen molar-refractivity contribution < 1.29 is 14.3 Å². The minimum absolute atomic E-state index is 0.124. The van der Waals surface area contributed by atoms with Gasteiger partial charge in [0, 0.05) is 17.6 Å². The Balaban J connectivity index is 1.55. The Morgan fingerprint density at radius 3 is 3.00 bits per heavy atom. The molecule has 1 aliphatic rings. The third-order valence-electron chi connectivity index (χ3n) is 2.75. The highest BCUT2D eigenvalue weighted by Gasteiger charge is 2.29. The molecule has 6 nitrogen and oxygen atoms in total. The lowest BCUT2D eigenvalue weighted by atomic mass is 10.4. The largest absolute Gasteiger partial charge is 0.379 e. The van der Waals surface area contributed by atoms with E-state index in [9.17, 15) is 9.59 Å². The van der Waals surface area contributed by atoms with E-state index in [4.69, 9.17) is 4.74 Å². The van der Waals surface area contributed by atoms with Crippen molar-refractivity contribution in [1.29, 1.82) is 0 Å². The molecule has 1 saturated heterocycles. The molecule has 0 aromatic carbocycles. The number of amides is 2. The van der Waals surface area contributed by atoms with E-state index in [1.54, 1.807) is 11.8 Å². The summed E-state index contributed by atoms with van der Waals surface area (Å²) in [5, 5.41) is 0.724. The van der Waals surface area contributed by atoms with Gasteiger partial charge >= 0.3 is 0 Å². The minimum atomic E-state index is -0.171. The van der Waals surface area contributed by atoms with Gasteiger partial charge in [-0.25, -0.2) is 4.98 Å². The summed E-state index contributed by atoms with van der Waals surface area (Å²) in [7, 11) is 0. The van der Waals surface area contributed by atoms with Crippen molar-refractivity contribution in [3.05, 3.63) is 11.9 Å². The summed E-state index contributed by atoms with van der Waals surface area (Å²) in [6, 6.07) is 0. The maximum absolute atomic E-state index is 11.3. The fourth-order valence-corrected chi connectivity index (χ4v) is 3.12. The van der Waals surface area contributed by atoms with Crippen LogP contribution in [0.2, 0.25) is 0 Å². The summed E-state index contributed by atoms with van der Waals surface area (Å²) < 4.78 is 5.43. The molecular weight excluding hydrogens is 298 g/mol. The molecule has 0 saturated carbocycles. The topological polar surface area (TPSA) is 75.3 Å². The number of thioether (sulfide) groups is 2. The number of aromatic nitrogens is 2. The van der Waals surface area contributed by atoms with Crippen molar-refractivity contribution in [1.82, 2.24) is 14.9 Å².